The molecule has 1 aliphatic rings. The summed E-state index contributed by atoms with van der Waals surface area (Å²) in [7, 11) is 0. The van der Waals surface area contributed by atoms with Gasteiger partial charge >= 0.3 is 0 Å². The number of aryl methyl sites for hydroxylation is 1. The summed E-state index contributed by atoms with van der Waals surface area (Å²) in [5.74, 6) is 8.63. The van der Waals surface area contributed by atoms with E-state index >= 15 is 0 Å². The number of hydrogen-bond acceptors (Lipinski definition) is 0. The maximum atomic E-state index is 2.34. The standard InChI is InChI=1S/C14H16.C11H16.C10H20.C10H14.3C7H16.C3H8/c1-11(2)9-12-7-8-13-5-3-4-6-14(13)10-12;1-10(2)8-9-11-6-4-3-5-7-11;2*1-9(2)8-10-6-4-3-5-7-10;1-6(2)7(3,4)5;1-6(2)5-7(3)4;1-5-7(4)6(2)3;1-3-2/h3-8,10-11H,9H2,1-2H3;3-7,10H,8-9H2,1-2H3;9-10H,3-8H2,1-2H3;3-7,9H,8H2,1-2H3;6H,1-5H3;2*6-7H,5H2,1-4H3;3H2,1-2H3. The number of hydrogen-bond donors (Lipinski definition) is 0. The van der Waals surface area contributed by atoms with Crippen LogP contribution in [0.5, 0.6) is 0 Å². The van der Waals surface area contributed by atoms with Crippen molar-refractivity contribution in [3.63, 3.8) is 0 Å². The van der Waals surface area contributed by atoms with Gasteiger partial charge in [-0.15, -0.1) is 0 Å². The van der Waals surface area contributed by atoms with Crippen molar-refractivity contribution in [3.05, 3.63) is 120 Å². The van der Waals surface area contributed by atoms with Gasteiger partial charge in [0.05, 0.1) is 0 Å². The number of fused-ring (bicyclic) bond motifs is 1. The van der Waals surface area contributed by atoms with E-state index in [9.17, 15) is 0 Å². The van der Waals surface area contributed by atoms with Crippen LogP contribution in [0.1, 0.15) is 240 Å². The van der Waals surface area contributed by atoms with Crippen LogP contribution in [0.2, 0.25) is 0 Å². The lowest BCUT2D eigenvalue weighted by molar-refractivity contribution is 0.283. The van der Waals surface area contributed by atoms with Crippen LogP contribution in [0.3, 0.4) is 0 Å². The normalized spacial score (nSPS) is 12.8. The second-order valence-corrected chi connectivity index (χ2v) is 24.8. The highest BCUT2D eigenvalue weighted by Crippen LogP contribution is 2.28. The van der Waals surface area contributed by atoms with Gasteiger partial charge in [-0.3, -0.25) is 0 Å². The van der Waals surface area contributed by atoms with E-state index in [2.05, 4.69) is 262 Å². The first-order chi connectivity index (χ1) is 32.3. The summed E-state index contributed by atoms with van der Waals surface area (Å²) in [6.45, 7) is 51.9. The van der Waals surface area contributed by atoms with Crippen molar-refractivity contribution in [3.8, 4) is 0 Å². The predicted octanol–water partition coefficient (Wildman–Crippen LogP) is 23.3. The van der Waals surface area contributed by atoms with E-state index in [4.69, 9.17) is 0 Å². The van der Waals surface area contributed by atoms with Crippen LogP contribution in [0, 0.1) is 64.6 Å². The highest BCUT2D eigenvalue weighted by molar-refractivity contribution is 5.83. The van der Waals surface area contributed by atoms with Gasteiger partial charge < -0.3 is 0 Å². The maximum absolute atomic E-state index is 2.34. The first kappa shape index (κ1) is 70.4. The smallest absolute Gasteiger partial charge is 0.0181 e. The van der Waals surface area contributed by atoms with Crippen molar-refractivity contribution in [2.45, 2.75) is 243 Å². The minimum absolute atomic E-state index is 0.500. The van der Waals surface area contributed by atoms with Crippen molar-refractivity contribution >= 4 is 10.8 Å². The molecule has 1 aliphatic carbocycles. The molecule has 4 aromatic carbocycles. The Morgan fingerprint density at radius 2 is 0.870 bits per heavy atom. The Balaban J connectivity index is -0.000000741. The molecule has 0 saturated heterocycles. The maximum Gasteiger partial charge on any atom is -0.0181 e. The van der Waals surface area contributed by atoms with Gasteiger partial charge in [0, 0.05) is 0 Å². The first-order valence-corrected chi connectivity index (χ1v) is 28.8. The highest BCUT2D eigenvalue weighted by atomic mass is 14.2. The number of benzene rings is 4. The zero-order valence-corrected chi connectivity index (χ0v) is 50.8. The fourth-order valence-electron chi connectivity index (χ4n) is 7.53. The molecule has 0 spiro atoms. The molecule has 1 saturated carbocycles. The third kappa shape index (κ3) is 47.2. The molecule has 1 fully saturated rings. The third-order valence-electron chi connectivity index (χ3n) is 12.8. The van der Waals surface area contributed by atoms with Crippen LogP contribution < -0.4 is 0 Å². The van der Waals surface area contributed by atoms with Crippen LogP contribution >= 0.6 is 0 Å². The Hall–Kier alpha value is -2.86. The second-order valence-electron chi connectivity index (χ2n) is 24.8. The van der Waals surface area contributed by atoms with E-state index in [0.29, 0.717) is 5.41 Å². The molecular weight excluding hydrogens is 829 g/mol. The van der Waals surface area contributed by atoms with Gasteiger partial charge in [0.1, 0.15) is 0 Å². The Kier molecular flexibility index (Phi) is 44.8. The van der Waals surface area contributed by atoms with Crippen LogP contribution in [0.4, 0.5) is 0 Å². The summed E-state index contributed by atoms with van der Waals surface area (Å²) in [6, 6.07) is 36.6. The van der Waals surface area contributed by atoms with E-state index in [1.807, 2.05) is 0 Å². The predicted molar refractivity (Wildman–Crippen MR) is 322 cm³/mol. The molecule has 0 aliphatic heterocycles. The second kappa shape index (κ2) is 43.9. The van der Waals surface area contributed by atoms with Crippen LogP contribution in [-0.4, -0.2) is 0 Å². The average molecular weight is 952 g/mol. The molecule has 0 radical (unpaired) electrons. The summed E-state index contributed by atoms with van der Waals surface area (Å²) in [5.41, 5.74) is 4.84. The first-order valence-electron chi connectivity index (χ1n) is 28.8. The SMILES string of the molecule is CC(C)C(C)(C)C.CC(C)CC(C)C.CC(C)CC1CCCCC1.CC(C)CCc1ccccc1.CC(C)Cc1ccc2ccccc2c1.CC(C)Cc1ccccc1.CCC.CCC(C)C(C)C. The van der Waals surface area contributed by atoms with Crippen molar-refractivity contribution in [2.24, 2.45) is 64.6 Å². The zero-order valence-electron chi connectivity index (χ0n) is 50.8. The Bertz CT molecular complexity index is 1620. The molecule has 0 amide bonds. The lowest BCUT2D eigenvalue weighted by atomic mass is 9.84. The fourth-order valence-corrected chi connectivity index (χ4v) is 7.53. The molecule has 5 rings (SSSR count). The molecule has 0 heterocycles. The molecule has 0 bridgehead atoms. The van der Waals surface area contributed by atoms with Gasteiger partial charge in [-0.2, -0.15) is 0 Å². The van der Waals surface area contributed by atoms with Gasteiger partial charge in [-0.05, 0) is 131 Å². The van der Waals surface area contributed by atoms with Gasteiger partial charge in [0.15, 0.2) is 0 Å². The van der Waals surface area contributed by atoms with Crippen molar-refractivity contribution in [1.82, 2.24) is 0 Å². The molecule has 0 heteroatoms. The van der Waals surface area contributed by atoms with Crippen LogP contribution in [-0.2, 0) is 19.3 Å². The summed E-state index contributed by atoms with van der Waals surface area (Å²) >= 11 is 0. The average Bonchev–Trinajstić information content (AvgIpc) is 3.26. The van der Waals surface area contributed by atoms with E-state index in [-0.39, 0.29) is 0 Å². The van der Waals surface area contributed by atoms with Crippen LogP contribution in [0.15, 0.2) is 103 Å². The summed E-state index contributed by atoms with van der Waals surface area (Å²) in [4.78, 5) is 0. The van der Waals surface area contributed by atoms with Gasteiger partial charge in [-0.25, -0.2) is 0 Å². The minimum Gasteiger partial charge on any atom is -0.0656 e. The van der Waals surface area contributed by atoms with E-state index < -0.39 is 0 Å². The van der Waals surface area contributed by atoms with Gasteiger partial charge in [0.25, 0.3) is 0 Å². The van der Waals surface area contributed by atoms with Crippen molar-refractivity contribution in [1.29, 1.82) is 0 Å². The summed E-state index contributed by atoms with van der Waals surface area (Å²) in [6.07, 6.45) is 17.8. The lowest BCUT2D eigenvalue weighted by Gasteiger charge is -2.22. The quantitative estimate of drug-likeness (QED) is 0.125. The summed E-state index contributed by atoms with van der Waals surface area (Å²) < 4.78 is 0. The molecule has 0 aromatic heterocycles. The summed E-state index contributed by atoms with van der Waals surface area (Å²) in [5, 5.41) is 2.69. The molecule has 69 heavy (non-hydrogen) atoms. The minimum atomic E-state index is 0.500. The highest BCUT2D eigenvalue weighted by Gasteiger charge is 2.14. The molecular formula is C69H122. The van der Waals surface area contributed by atoms with Crippen LogP contribution in [0.25, 0.3) is 10.8 Å². The lowest BCUT2D eigenvalue weighted by Crippen LogP contribution is -2.12. The largest absolute Gasteiger partial charge is 0.0656 e. The Labute approximate surface area is 435 Å². The molecule has 0 N–H and O–H groups in total. The molecule has 0 nitrogen and oxygen atoms in total. The monoisotopic (exact) mass is 951 g/mol. The van der Waals surface area contributed by atoms with Gasteiger partial charge in [-0.1, -0.05) is 307 Å². The molecule has 1 atom stereocenters. The number of rotatable bonds is 13. The van der Waals surface area contributed by atoms with Crippen molar-refractivity contribution < 1.29 is 0 Å². The molecule has 4 aromatic rings. The third-order valence-corrected chi connectivity index (χ3v) is 12.8. The fraction of sp³-hybridized carbons (Fsp3) is 0.681. The van der Waals surface area contributed by atoms with E-state index in [0.717, 1.165) is 59.2 Å². The molecule has 1 unspecified atom stereocenters. The van der Waals surface area contributed by atoms with Gasteiger partial charge in [0.2, 0.25) is 0 Å². The Morgan fingerprint density at radius 3 is 1.22 bits per heavy atom. The van der Waals surface area contributed by atoms with E-state index in [1.165, 1.54) is 111 Å². The topological polar surface area (TPSA) is 0 Å². The Morgan fingerprint density at radius 1 is 0.449 bits per heavy atom. The van der Waals surface area contributed by atoms with Crippen molar-refractivity contribution in [2.75, 3.05) is 0 Å². The van der Waals surface area contributed by atoms with E-state index in [1.54, 1.807) is 0 Å². The molecule has 398 valence electrons. The zero-order chi connectivity index (χ0) is 53.4.